The van der Waals surface area contributed by atoms with Crippen molar-refractivity contribution in [2.24, 2.45) is 5.73 Å². The van der Waals surface area contributed by atoms with E-state index in [0.717, 1.165) is 35.7 Å². The minimum Gasteiger partial charge on any atom is -0.495 e. The van der Waals surface area contributed by atoms with E-state index < -0.39 is 5.91 Å². The number of nitrogens with two attached hydrogens (primary N) is 1. The third kappa shape index (κ3) is 6.41. The first-order valence-corrected chi connectivity index (χ1v) is 12.3. The van der Waals surface area contributed by atoms with E-state index in [1.165, 1.54) is 13.5 Å². The Morgan fingerprint density at radius 3 is 2.39 bits per heavy atom. The third-order valence-corrected chi connectivity index (χ3v) is 6.72. The van der Waals surface area contributed by atoms with Crippen molar-refractivity contribution in [1.29, 1.82) is 0 Å². The van der Waals surface area contributed by atoms with Crippen molar-refractivity contribution in [2.45, 2.75) is 44.7 Å². The van der Waals surface area contributed by atoms with Crippen molar-refractivity contribution < 1.29 is 23.8 Å². The Labute approximate surface area is 210 Å². The van der Waals surface area contributed by atoms with Gasteiger partial charge in [-0.15, -0.1) is 0 Å². The molecule has 0 unspecified atom stereocenters. The number of ether oxygens (including phenoxy) is 3. The summed E-state index contributed by atoms with van der Waals surface area (Å²) in [6.07, 6.45) is 5.29. The second-order valence-electron chi connectivity index (χ2n) is 7.93. The van der Waals surface area contributed by atoms with Gasteiger partial charge in [0, 0.05) is 17.1 Å². The molecule has 0 heterocycles. The first-order chi connectivity index (χ1) is 15.8. The molecule has 7 nitrogen and oxygen atoms in total. The first kappa shape index (κ1) is 25.4. The lowest BCUT2D eigenvalue weighted by Crippen LogP contribution is -2.41. The van der Waals surface area contributed by atoms with Crippen LogP contribution in [0.3, 0.4) is 0 Å². The smallest absolute Gasteiger partial charge is 0.258 e. The van der Waals surface area contributed by atoms with E-state index in [1.807, 2.05) is 23.1 Å². The molecule has 1 saturated carbocycles. The normalized spacial score (nSPS) is 13.9. The fraction of sp³-hybridized carbons (Fsp3) is 0.417. The highest BCUT2D eigenvalue weighted by Gasteiger charge is 2.29. The topological polar surface area (TPSA) is 91.1 Å². The van der Waals surface area contributed by atoms with Crippen LogP contribution in [-0.2, 0) is 11.3 Å². The standard InChI is InChI=1S/C24H28Br2N2O5/c1-31-21-10-15(8-9-20(21)33-14-22(27)29)13-28(17-6-4-3-5-7-17)24(30)18-11-16(25)12-19(26)23(18)32-2/h8-12,17H,3-7,13-14H2,1-2H3,(H2,27,29). The maximum absolute atomic E-state index is 13.8. The molecule has 33 heavy (non-hydrogen) atoms. The first-order valence-electron chi connectivity index (χ1n) is 10.8. The monoisotopic (exact) mass is 582 g/mol. The minimum absolute atomic E-state index is 0.0891. The lowest BCUT2D eigenvalue weighted by Gasteiger charge is -2.35. The van der Waals surface area contributed by atoms with Gasteiger partial charge in [-0.2, -0.15) is 0 Å². The molecular weight excluding hydrogens is 556 g/mol. The highest BCUT2D eigenvalue weighted by Crippen LogP contribution is 2.36. The van der Waals surface area contributed by atoms with Crippen LogP contribution in [0.2, 0.25) is 0 Å². The molecule has 0 radical (unpaired) electrons. The summed E-state index contributed by atoms with van der Waals surface area (Å²) >= 11 is 6.99. The van der Waals surface area contributed by atoms with Crippen molar-refractivity contribution in [3.8, 4) is 17.2 Å². The van der Waals surface area contributed by atoms with Crippen LogP contribution < -0.4 is 19.9 Å². The van der Waals surface area contributed by atoms with E-state index in [-0.39, 0.29) is 18.6 Å². The summed E-state index contributed by atoms with van der Waals surface area (Å²) in [5, 5.41) is 0. The molecule has 0 aromatic heterocycles. The lowest BCUT2D eigenvalue weighted by molar-refractivity contribution is -0.119. The fourth-order valence-corrected chi connectivity index (χ4v) is 5.50. The Bertz CT molecular complexity index is 1010. The van der Waals surface area contributed by atoms with Crippen molar-refractivity contribution >= 4 is 43.7 Å². The number of carbonyl (C=O) groups excluding carboxylic acids is 2. The van der Waals surface area contributed by atoms with Crippen LogP contribution >= 0.6 is 31.9 Å². The minimum atomic E-state index is -0.565. The molecule has 2 aromatic rings. The predicted octanol–water partition coefficient (Wildman–Crippen LogP) is 5.07. The van der Waals surface area contributed by atoms with Gasteiger partial charge in [0.1, 0.15) is 5.75 Å². The Hall–Kier alpha value is -2.26. The zero-order chi connectivity index (χ0) is 24.0. The molecule has 2 amide bonds. The van der Waals surface area contributed by atoms with Crippen LogP contribution in [0.4, 0.5) is 0 Å². The van der Waals surface area contributed by atoms with E-state index in [4.69, 9.17) is 19.9 Å². The van der Waals surface area contributed by atoms with E-state index in [9.17, 15) is 9.59 Å². The molecule has 0 spiro atoms. The number of rotatable bonds is 9. The Morgan fingerprint density at radius 1 is 1.03 bits per heavy atom. The molecule has 178 valence electrons. The molecular formula is C24H28Br2N2O5. The van der Waals surface area contributed by atoms with Gasteiger partial charge in [0.25, 0.3) is 11.8 Å². The van der Waals surface area contributed by atoms with E-state index in [1.54, 1.807) is 19.2 Å². The fourth-order valence-electron chi connectivity index (χ4n) is 4.12. The van der Waals surface area contributed by atoms with Gasteiger partial charge in [-0.1, -0.05) is 41.3 Å². The summed E-state index contributed by atoms with van der Waals surface area (Å²) in [5.41, 5.74) is 6.57. The van der Waals surface area contributed by atoms with Crippen LogP contribution in [-0.4, -0.2) is 43.6 Å². The number of nitrogens with zero attached hydrogens (tertiary/aromatic N) is 1. The van der Waals surface area contributed by atoms with Crippen molar-refractivity contribution in [2.75, 3.05) is 20.8 Å². The van der Waals surface area contributed by atoms with E-state index in [2.05, 4.69) is 31.9 Å². The van der Waals surface area contributed by atoms with Gasteiger partial charge in [-0.3, -0.25) is 9.59 Å². The molecule has 0 aliphatic heterocycles. The van der Waals surface area contributed by atoms with Gasteiger partial charge in [0.2, 0.25) is 0 Å². The Morgan fingerprint density at radius 2 is 1.76 bits per heavy atom. The number of methoxy groups -OCH3 is 2. The zero-order valence-corrected chi connectivity index (χ0v) is 21.9. The average molecular weight is 584 g/mol. The number of amides is 2. The van der Waals surface area contributed by atoms with Crippen molar-refractivity contribution in [3.05, 3.63) is 50.4 Å². The number of primary amides is 1. The predicted molar refractivity (Wildman–Crippen MR) is 133 cm³/mol. The molecule has 0 bridgehead atoms. The number of carbonyl (C=O) groups is 2. The molecule has 0 atom stereocenters. The number of hydrogen-bond acceptors (Lipinski definition) is 5. The van der Waals surface area contributed by atoms with Crippen LogP contribution in [0.25, 0.3) is 0 Å². The van der Waals surface area contributed by atoms with Crippen molar-refractivity contribution in [1.82, 2.24) is 4.90 Å². The zero-order valence-electron chi connectivity index (χ0n) is 18.7. The average Bonchev–Trinajstić information content (AvgIpc) is 2.81. The second kappa shape index (κ2) is 11.7. The summed E-state index contributed by atoms with van der Waals surface area (Å²) in [7, 11) is 3.09. The molecule has 1 fully saturated rings. The molecule has 0 saturated heterocycles. The summed E-state index contributed by atoms with van der Waals surface area (Å²) in [6, 6.07) is 9.21. The molecule has 1 aliphatic carbocycles. The summed E-state index contributed by atoms with van der Waals surface area (Å²) in [5.74, 6) is 0.760. The van der Waals surface area contributed by atoms with Gasteiger partial charge < -0.3 is 24.8 Å². The Kier molecular flexibility index (Phi) is 9.02. The highest BCUT2D eigenvalue weighted by atomic mass is 79.9. The molecule has 3 rings (SSSR count). The summed E-state index contributed by atoms with van der Waals surface area (Å²) in [6.45, 7) is 0.170. The molecule has 1 aliphatic rings. The maximum atomic E-state index is 13.8. The van der Waals surface area contributed by atoms with Gasteiger partial charge >= 0.3 is 0 Å². The van der Waals surface area contributed by atoms with Crippen molar-refractivity contribution in [3.63, 3.8) is 0 Å². The van der Waals surface area contributed by atoms with E-state index >= 15 is 0 Å². The second-order valence-corrected chi connectivity index (χ2v) is 9.70. The number of halogens is 2. The number of hydrogen-bond donors (Lipinski definition) is 1. The summed E-state index contributed by atoms with van der Waals surface area (Å²) in [4.78, 5) is 26.8. The van der Waals surface area contributed by atoms with Crippen LogP contribution in [0.15, 0.2) is 39.3 Å². The molecule has 9 heteroatoms. The summed E-state index contributed by atoms with van der Waals surface area (Å²) < 4.78 is 17.9. The van der Waals surface area contributed by atoms with Crippen LogP contribution in [0, 0.1) is 0 Å². The van der Waals surface area contributed by atoms with Crippen LogP contribution in [0.1, 0.15) is 48.0 Å². The third-order valence-electron chi connectivity index (χ3n) is 5.67. The highest BCUT2D eigenvalue weighted by molar-refractivity contribution is 9.11. The van der Waals surface area contributed by atoms with Gasteiger partial charge in [-0.25, -0.2) is 0 Å². The largest absolute Gasteiger partial charge is 0.495 e. The van der Waals surface area contributed by atoms with Gasteiger partial charge in [0.05, 0.1) is 24.3 Å². The van der Waals surface area contributed by atoms with Gasteiger partial charge in [-0.05, 0) is 58.6 Å². The SMILES string of the molecule is COc1cc(CN(C(=O)c2cc(Br)cc(Br)c2OC)C2CCCCC2)ccc1OCC(N)=O. The quantitative estimate of drug-likeness (QED) is 0.445. The molecule has 2 N–H and O–H groups in total. The van der Waals surface area contributed by atoms with E-state index in [0.29, 0.717) is 33.8 Å². The van der Waals surface area contributed by atoms with Crippen LogP contribution in [0.5, 0.6) is 17.2 Å². The maximum Gasteiger partial charge on any atom is 0.258 e. The Balaban J connectivity index is 1.94. The lowest BCUT2D eigenvalue weighted by atomic mass is 9.93. The molecule has 2 aromatic carbocycles. The van der Waals surface area contributed by atoms with Gasteiger partial charge in [0.15, 0.2) is 18.1 Å². The number of benzene rings is 2.